The van der Waals surface area contributed by atoms with E-state index >= 15 is 0 Å². The van der Waals surface area contributed by atoms with E-state index in [2.05, 4.69) is 15.3 Å². The van der Waals surface area contributed by atoms with Crippen LogP contribution >= 0.6 is 11.6 Å². The fourth-order valence-corrected chi connectivity index (χ4v) is 4.24. The van der Waals surface area contributed by atoms with E-state index in [-0.39, 0.29) is 29.5 Å². The average Bonchev–Trinajstić information content (AvgIpc) is 2.81. The molecule has 0 bridgehead atoms. The first-order valence-electron chi connectivity index (χ1n) is 10.8. The van der Waals surface area contributed by atoms with Crippen LogP contribution in [-0.4, -0.2) is 46.9 Å². The van der Waals surface area contributed by atoms with Crippen LogP contribution in [0.4, 0.5) is 5.82 Å². The summed E-state index contributed by atoms with van der Waals surface area (Å²) in [4.78, 5) is 34.6. The molecule has 1 N–H and O–H groups in total. The molecule has 2 heterocycles. The third kappa shape index (κ3) is 5.35. The molecule has 2 fully saturated rings. The summed E-state index contributed by atoms with van der Waals surface area (Å²) in [6.45, 7) is 1.28. The molecule has 1 amide bonds. The van der Waals surface area contributed by atoms with Gasteiger partial charge in [0.1, 0.15) is 29.1 Å². The molecule has 1 aliphatic heterocycles. The average molecular weight is 454 g/mol. The minimum Gasteiger partial charge on any atom is -0.490 e. The highest BCUT2D eigenvalue weighted by atomic mass is 35.5. The predicted molar refractivity (Wildman–Crippen MR) is 119 cm³/mol. The molecule has 1 saturated heterocycles. The van der Waals surface area contributed by atoms with Crippen LogP contribution in [0.15, 0.2) is 30.6 Å². The van der Waals surface area contributed by atoms with Crippen LogP contribution in [-0.2, 0) is 4.79 Å². The van der Waals surface area contributed by atoms with Gasteiger partial charge >= 0.3 is 0 Å². The number of benzene rings is 1. The number of hydrogen-bond donors (Lipinski definition) is 1. The Labute approximate surface area is 191 Å². The second kappa shape index (κ2) is 9.96. The minimum atomic E-state index is -0.235. The maximum Gasteiger partial charge on any atom is 0.271 e. The molecule has 32 heavy (non-hydrogen) atoms. The van der Waals surface area contributed by atoms with Gasteiger partial charge in [-0.25, -0.2) is 9.97 Å². The van der Waals surface area contributed by atoms with E-state index in [0.717, 1.165) is 25.7 Å². The van der Waals surface area contributed by atoms with Gasteiger partial charge in [-0.15, -0.1) is 0 Å². The van der Waals surface area contributed by atoms with Crippen molar-refractivity contribution in [1.82, 2.24) is 15.3 Å². The van der Waals surface area contributed by atoms with Crippen LogP contribution in [0, 0.1) is 11.3 Å². The Kier molecular flexibility index (Phi) is 6.86. The fraction of sp³-hybridized carbons (Fsp3) is 0.435. The fourth-order valence-electron chi connectivity index (χ4n) is 4.02. The number of rotatable bonds is 5. The van der Waals surface area contributed by atoms with Crippen LogP contribution in [0.1, 0.15) is 54.6 Å². The van der Waals surface area contributed by atoms with Crippen molar-refractivity contribution in [3.8, 4) is 11.8 Å². The minimum absolute atomic E-state index is 0.0441. The number of nitriles is 1. The highest BCUT2D eigenvalue weighted by molar-refractivity contribution is 6.31. The summed E-state index contributed by atoms with van der Waals surface area (Å²) in [7, 11) is 0. The lowest BCUT2D eigenvalue weighted by Crippen LogP contribution is -2.40. The lowest BCUT2D eigenvalue weighted by atomic mass is 9.93. The van der Waals surface area contributed by atoms with Crippen molar-refractivity contribution in [1.29, 1.82) is 5.26 Å². The van der Waals surface area contributed by atoms with Crippen molar-refractivity contribution < 1.29 is 14.3 Å². The van der Waals surface area contributed by atoms with Crippen molar-refractivity contribution in [3.05, 3.63) is 46.9 Å². The predicted octanol–water partition coefficient (Wildman–Crippen LogP) is 3.29. The molecule has 0 radical (unpaired) electrons. The highest BCUT2D eigenvalue weighted by Crippen LogP contribution is 2.27. The van der Waals surface area contributed by atoms with E-state index < -0.39 is 0 Å². The second-order valence-electron chi connectivity index (χ2n) is 8.10. The van der Waals surface area contributed by atoms with Gasteiger partial charge in [0.05, 0.1) is 29.1 Å². The largest absolute Gasteiger partial charge is 0.490 e. The number of piperidine rings is 1. The molecule has 9 heteroatoms. The smallest absolute Gasteiger partial charge is 0.271 e. The van der Waals surface area contributed by atoms with Gasteiger partial charge < -0.3 is 15.0 Å². The molecule has 8 nitrogen and oxygen atoms in total. The van der Waals surface area contributed by atoms with Gasteiger partial charge in [0.2, 0.25) is 0 Å². The summed E-state index contributed by atoms with van der Waals surface area (Å²) < 4.78 is 6.00. The summed E-state index contributed by atoms with van der Waals surface area (Å²) in [5.74, 6) is 1.37. The van der Waals surface area contributed by atoms with Crippen molar-refractivity contribution in [2.24, 2.45) is 0 Å². The van der Waals surface area contributed by atoms with E-state index in [1.807, 2.05) is 11.0 Å². The zero-order chi connectivity index (χ0) is 22.5. The molecule has 2 aliphatic rings. The molecule has 0 unspecified atom stereocenters. The summed E-state index contributed by atoms with van der Waals surface area (Å²) in [6.07, 6.45) is 7.39. The number of nitrogens with zero attached hydrogens (tertiary/aromatic N) is 4. The molecule has 2 aromatic rings. The maximum absolute atomic E-state index is 12.6. The number of carbonyl (C=O) groups excluding carboxylic acids is 2. The van der Waals surface area contributed by atoms with E-state index in [1.165, 1.54) is 6.20 Å². The normalized spacial score (nSPS) is 21.0. The Balaban J connectivity index is 1.25. The number of ketones is 1. The number of hydrogen-bond acceptors (Lipinski definition) is 7. The maximum atomic E-state index is 12.6. The standard InChI is InChI=1S/C23H24ClN5O3/c24-20-11-19(4-1-15(20)12-25)32-18-5-2-16(3-6-18)28-23(31)21-13-27-22(14-26-21)29-9-7-17(30)8-10-29/h1,4,11,13-14,16,18H,2-3,5-10H2,(H,28,31)/t16-,18-. The molecule has 1 aromatic heterocycles. The molecular weight excluding hydrogens is 430 g/mol. The molecule has 1 aromatic carbocycles. The number of carbonyl (C=O) groups is 2. The van der Waals surface area contributed by atoms with Gasteiger partial charge in [-0.3, -0.25) is 9.59 Å². The van der Waals surface area contributed by atoms with Gasteiger partial charge in [0, 0.05) is 38.0 Å². The number of halogens is 1. The lowest BCUT2D eigenvalue weighted by Gasteiger charge is -2.29. The number of Topliss-reactive ketones (excluding diaryl/α,β-unsaturated/α-hetero) is 1. The van der Waals surface area contributed by atoms with Crippen molar-refractivity contribution >= 4 is 29.1 Å². The summed E-state index contributed by atoms with van der Waals surface area (Å²) in [6, 6.07) is 7.16. The van der Waals surface area contributed by atoms with Gasteiger partial charge in [0.15, 0.2) is 0 Å². The molecular formula is C23H24ClN5O3. The molecule has 0 spiro atoms. The Morgan fingerprint density at radius 2 is 1.91 bits per heavy atom. The third-order valence-corrected chi connectivity index (χ3v) is 6.20. The zero-order valence-electron chi connectivity index (χ0n) is 17.6. The van der Waals surface area contributed by atoms with Crippen molar-refractivity contribution in [2.75, 3.05) is 18.0 Å². The highest BCUT2D eigenvalue weighted by Gasteiger charge is 2.25. The topological polar surface area (TPSA) is 108 Å². The van der Waals surface area contributed by atoms with Gasteiger partial charge in [0.25, 0.3) is 5.91 Å². The Bertz CT molecular complexity index is 1020. The van der Waals surface area contributed by atoms with Crippen LogP contribution in [0.2, 0.25) is 5.02 Å². The number of aromatic nitrogens is 2. The molecule has 4 rings (SSSR count). The first-order valence-corrected chi connectivity index (χ1v) is 11.2. The monoisotopic (exact) mass is 453 g/mol. The van der Waals surface area contributed by atoms with Crippen LogP contribution in [0.5, 0.6) is 5.75 Å². The Morgan fingerprint density at radius 3 is 2.53 bits per heavy atom. The number of ether oxygens (including phenoxy) is 1. The summed E-state index contributed by atoms with van der Waals surface area (Å²) in [5.41, 5.74) is 0.708. The van der Waals surface area contributed by atoms with E-state index in [1.54, 1.807) is 24.4 Å². The third-order valence-electron chi connectivity index (χ3n) is 5.89. The quantitative estimate of drug-likeness (QED) is 0.739. The Morgan fingerprint density at radius 1 is 1.16 bits per heavy atom. The van der Waals surface area contributed by atoms with Gasteiger partial charge in [-0.1, -0.05) is 11.6 Å². The first-order chi connectivity index (χ1) is 15.5. The lowest BCUT2D eigenvalue weighted by molar-refractivity contribution is -0.119. The number of nitrogens with one attached hydrogen (secondary N) is 1. The molecule has 1 aliphatic carbocycles. The Hall–Kier alpha value is -3.18. The van der Waals surface area contributed by atoms with E-state index in [0.29, 0.717) is 48.1 Å². The summed E-state index contributed by atoms with van der Waals surface area (Å²) in [5, 5.41) is 12.4. The molecule has 166 valence electrons. The van der Waals surface area contributed by atoms with Crippen LogP contribution < -0.4 is 15.0 Å². The molecule has 0 atom stereocenters. The van der Waals surface area contributed by atoms with Crippen molar-refractivity contribution in [2.45, 2.75) is 50.7 Å². The van der Waals surface area contributed by atoms with Gasteiger partial charge in [-0.2, -0.15) is 5.26 Å². The second-order valence-corrected chi connectivity index (χ2v) is 8.51. The van der Waals surface area contributed by atoms with Crippen LogP contribution in [0.3, 0.4) is 0 Å². The SMILES string of the molecule is N#Cc1ccc(O[C@H]2CC[C@H](NC(=O)c3cnc(N4CCC(=O)CC4)cn3)CC2)cc1Cl. The van der Waals surface area contributed by atoms with E-state index in [9.17, 15) is 9.59 Å². The number of amides is 1. The number of anilines is 1. The zero-order valence-corrected chi connectivity index (χ0v) is 18.3. The van der Waals surface area contributed by atoms with E-state index in [4.69, 9.17) is 21.6 Å². The first kappa shape index (κ1) is 22.0. The van der Waals surface area contributed by atoms with Gasteiger partial charge in [-0.05, 0) is 37.8 Å². The van der Waals surface area contributed by atoms with Crippen LogP contribution in [0.25, 0.3) is 0 Å². The van der Waals surface area contributed by atoms with Crippen molar-refractivity contribution in [3.63, 3.8) is 0 Å². The molecule has 1 saturated carbocycles. The summed E-state index contributed by atoms with van der Waals surface area (Å²) >= 11 is 6.07.